The first-order valence-electron chi connectivity index (χ1n) is 7.85. The van der Waals surface area contributed by atoms with Gasteiger partial charge in [-0.1, -0.05) is 0 Å². The minimum absolute atomic E-state index is 0.0711. The van der Waals surface area contributed by atoms with Gasteiger partial charge in [0.2, 0.25) is 5.91 Å². The van der Waals surface area contributed by atoms with Crippen LogP contribution in [0.1, 0.15) is 30.6 Å². The molecular formula is C18H21NO4S. The highest BCUT2D eigenvalue weighted by Crippen LogP contribution is 2.26. The number of carbonyl (C=O) groups excluding carboxylic acids is 1. The van der Waals surface area contributed by atoms with Crippen molar-refractivity contribution in [3.05, 3.63) is 47.9 Å². The molecular weight excluding hydrogens is 326 g/mol. The van der Waals surface area contributed by atoms with Crippen LogP contribution >= 0.6 is 0 Å². The monoisotopic (exact) mass is 347 g/mol. The van der Waals surface area contributed by atoms with E-state index in [1.54, 1.807) is 11.6 Å². The highest BCUT2D eigenvalue weighted by Gasteiger charge is 2.14. The second-order valence-corrected chi connectivity index (χ2v) is 5.87. The topological polar surface area (TPSA) is 68.5 Å². The fourth-order valence-corrected chi connectivity index (χ4v) is 2.48. The van der Waals surface area contributed by atoms with Crippen LogP contribution in [0.15, 0.2) is 41.0 Å². The highest BCUT2D eigenvalue weighted by molar-refractivity contribution is 7.64. The van der Waals surface area contributed by atoms with Crippen molar-refractivity contribution in [2.24, 2.45) is 0 Å². The van der Waals surface area contributed by atoms with Crippen LogP contribution in [0.2, 0.25) is 0 Å². The quantitative estimate of drug-likeness (QED) is 0.665. The lowest BCUT2D eigenvalue weighted by Crippen LogP contribution is -2.18. The van der Waals surface area contributed by atoms with Gasteiger partial charge in [0.05, 0.1) is 24.1 Å². The Kier molecular flexibility index (Phi) is 7.29. The molecule has 1 N–H and O–H groups in total. The zero-order valence-corrected chi connectivity index (χ0v) is 14.4. The van der Waals surface area contributed by atoms with E-state index in [0.29, 0.717) is 24.3 Å². The Labute approximate surface area is 145 Å². The Morgan fingerprint density at radius 2 is 2.21 bits per heavy atom. The summed E-state index contributed by atoms with van der Waals surface area (Å²) in [6.07, 6.45) is 4.55. The third-order valence-electron chi connectivity index (χ3n) is 3.44. The molecule has 0 fully saturated rings. The highest BCUT2D eigenvalue weighted by atomic mass is 32.1. The van der Waals surface area contributed by atoms with Gasteiger partial charge in [-0.05, 0) is 62.1 Å². The van der Waals surface area contributed by atoms with Crippen LogP contribution in [-0.4, -0.2) is 22.1 Å². The molecule has 3 rings (SSSR count). The normalized spacial score (nSPS) is 12.3. The van der Waals surface area contributed by atoms with Gasteiger partial charge >= 0.3 is 0 Å². The number of nitrogens with one attached hydrogen (secondary N) is 1. The Morgan fingerprint density at radius 3 is 2.88 bits per heavy atom. The van der Waals surface area contributed by atoms with E-state index in [9.17, 15) is 9.00 Å². The Bertz CT molecular complexity index is 706. The first kappa shape index (κ1) is 18.0. The number of aryl methyl sites for hydroxylation is 2. The maximum absolute atomic E-state index is 11.2. The Balaban J connectivity index is 0.000000292. The van der Waals surface area contributed by atoms with Crippen molar-refractivity contribution in [2.75, 3.05) is 11.9 Å². The molecule has 2 heterocycles. The summed E-state index contributed by atoms with van der Waals surface area (Å²) in [5.41, 5.74) is 2.00. The van der Waals surface area contributed by atoms with Crippen molar-refractivity contribution in [2.45, 2.75) is 32.6 Å². The number of anilines is 1. The molecule has 0 radical (unpaired) electrons. The summed E-state index contributed by atoms with van der Waals surface area (Å²) in [4.78, 5) is 11.2. The van der Waals surface area contributed by atoms with Crippen molar-refractivity contribution in [3.63, 3.8) is 0 Å². The SMILES string of the molecule is Cc1ccco1.O=S=CCCCOc1ccc2c(c1)CCC(=O)N2. The lowest BCUT2D eigenvalue weighted by molar-refractivity contribution is -0.116. The lowest BCUT2D eigenvalue weighted by Gasteiger charge is -2.17. The van der Waals surface area contributed by atoms with Gasteiger partial charge in [-0.25, -0.2) is 4.21 Å². The summed E-state index contributed by atoms with van der Waals surface area (Å²) in [6.45, 7) is 2.52. The largest absolute Gasteiger partial charge is 0.494 e. The van der Waals surface area contributed by atoms with Crippen LogP contribution in [0, 0.1) is 6.92 Å². The van der Waals surface area contributed by atoms with Crippen molar-refractivity contribution in [3.8, 4) is 5.75 Å². The first-order valence-corrected chi connectivity index (χ1v) is 8.65. The summed E-state index contributed by atoms with van der Waals surface area (Å²) in [7, 11) is 0. The maximum Gasteiger partial charge on any atom is 0.224 e. The number of fused-ring (bicyclic) bond motifs is 1. The average molecular weight is 347 g/mol. The molecule has 128 valence electrons. The molecule has 24 heavy (non-hydrogen) atoms. The molecule has 0 saturated heterocycles. The number of furan rings is 1. The minimum Gasteiger partial charge on any atom is -0.494 e. The van der Waals surface area contributed by atoms with E-state index in [-0.39, 0.29) is 5.91 Å². The van der Waals surface area contributed by atoms with Gasteiger partial charge in [0, 0.05) is 17.5 Å². The fourth-order valence-electron chi connectivity index (χ4n) is 2.22. The van der Waals surface area contributed by atoms with Crippen LogP contribution in [0.25, 0.3) is 0 Å². The number of benzene rings is 1. The minimum atomic E-state index is 0.0711. The standard InChI is InChI=1S/C13H15NO3S.C5H6O/c15-13-6-3-10-9-11(4-5-12(10)14-13)17-7-1-2-8-18-16;1-5-3-2-4-6-5/h4-5,8-9H,1-3,6-7H2,(H,14,15);2-4H,1H3. The third-order valence-corrected chi connectivity index (χ3v) is 3.81. The van der Waals surface area contributed by atoms with E-state index in [1.807, 2.05) is 37.3 Å². The van der Waals surface area contributed by atoms with Gasteiger partial charge in [0.25, 0.3) is 0 Å². The predicted molar refractivity (Wildman–Crippen MR) is 95.8 cm³/mol. The third kappa shape index (κ3) is 6.04. The van der Waals surface area contributed by atoms with Crippen LogP contribution in [-0.2, 0) is 22.5 Å². The first-order chi connectivity index (χ1) is 11.7. The second kappa shape index (κ2) is 9.72. The maximum atomic E-state index is 11.2. The van der Waals surface area contributed by atoms with E-state index in [4.69, 9.17) is 9.15 Å². The van der Waals surface area contributed by atoms with Crippen molar-refractivity contribution in [1.82, 2.24) is 0 Å². The molecule has 6 heteroatoms. The molecule has 1 aliphatic rings. The second-order valence-electron chi connectivity index (χ2n) is 5.34. The Hall–Kier alpha value is -2.34. The molecule has 0 bridgehead atoms. The van der Waals surface area contributed by atoms with Gasteiger partial charge < -0.3 is 14.5 Å². The summed E-state index contributed by atoms with van der Waals surface area (Å²) in [6, 6.07) is 9.49. The number of unbranched alkanes of at least 4 members (excludes halogenated alkanes) is 1. The van der Waals surface area contributed by atoms with E-state index >= 15 is 0 Å². The molecule has 1 aromatic carbocycles. The number of ether oxygens (including phenoxy) is 1. The molecule has 1 amide bonds. The van der Waals surface area contributed by atoms with Crippen LogP contribution in [0.4, 0.5) is 5.69 Å². The smallest absolute Gasteiger partial charge is 0.224 e. The molecule has 0 spiro atoms. The van der Waals surface area contributed by atoms with Crippen LogP contribution < -0.4 is 10.1 Å². The zero-order valence-electron chi connectivity index (χ0n) is 13.6. The van der Waals surface area contributed by atoms with Crippen molar-refractivity contribution >= 4 is 28.2 Å². The van der Waals surface area contributed by atoms with Crippen molar-refractivity contribution < 1.29 is 18.2 Å². The molecule has 1 aromatic heterocycles. The summed E-state index contributed by atoms with van der Waals surface area (Å²) in [5.74, 6) is 1.86. The molecule has 0 aliphatic carbocycles. The predicted octanol–water partition coefficient (Wildman–Crippen LogP) is 3.33. The van der Waals surface area contributed by atoms with E-state index in [1.165, 1.54) is 0 Å². The average Bonchev–Trinajstić information content (AvgIpc) is 3.06. The van der Waals surface area contributed by atoms with Crippen molar-refractivity contribution in [1.29, 1.82) is 0 Å². The zero-order chi connectivity index (χ0) is 17.2. The fraction of sp³-hybridized carbons (Fsp3) is 0.333. The summed E-state index contributed by atoms with van der Waals surface area (Å²) in [5, 5.41) is 4.46. The molecule has 0 atom stereocenters. The molecule has 1 aliphatic heterocycles. The molecule has 0 saturated carbocycles. The van der Waals surface area contributed by atoms with Crippen LogP contribution in [0.5, 0.6) is 5.75 Å². The summed E-state index contributed by atoms with van der Waals surface area (Å²) >= 11 is 0.496. The van der Waals surface area contributed by atoms with Gasteiger partial charge in [0.1, 0.15) is 11.5 Å². The van der Waals surface area contributed by atoms with Gasteiger partial charge in [-0.15, -0.1) is 0 Å². The number of carbonyl (C=O) groups is 1. The molecule has 5 nitrogen and oxygen atoms in total. The van der Waals surface area contributed by atoms with E-state index < -0.39 is 0 Å². The van der Waals surface area contributed by atoms with Gasteiger partial charge in [-0.2, -0.15) is 0 Å². The van der Waals surface area contributed by atoms with E-state index in [0.717, 1.165) is 42.0 Å². The number of amides is 1. The van der Waals surface area contributed by atoms with Crippen LogP contribution in [0.3, 0.4) is 0 Å². The Morgan fingerprint density at radius 1 is 1.33 bits per heavy atom. The van der Waals surface area contributed by atoms with Gasteiger partial charge in [0.15, 0.2) is 0 Å². The number of hydrogen-bond acceptors (Lipinski definition) is 4. The lowest BCUT2D eigenvalue weighted by atomic mass is 10.0. The number of rotatable bonds is 5. The number of hydrogen-bond donors (Lipinski definition) is 1. The van der Waals surface area contributed by atoms with Gasteiger partial charge in [-0.3, -0.25) is 4.79 Å². The summed E-state index contributed by atoms with van der Waals surface area (Å²) < 4.78 is 20.6. The molecule has 2 aromatic rings. The molecule has 0 unspecified atom stereocenters. The van der Waals surface area contributed by atoms with E-state index in [2.05, 4.69) is 5.32 Å².